The molecular weight excluding hydrogens is 368 g/mol. The summed E-state index contributed by atoms with van der Waals surface area (Å²) in [6.45, 7) is 13.3. The monoisotopic (exact) mass is 406 g/mol. The van der Waals surface area contributed by atoms with Crippen molar-refractivity contribution in [3.8, 4) is 0 Å². The summed E-state index contributed by atoms with van der Waals surface area (Å²) < 4.78 is 17.2. The molecule has 1 fully saturated rings. The average Bonchev–Trinajstić information content (AvgIpc) is 3.19. The van der Waals surface area contributed by atoms with Gasteiger partial charge in [0.25, 0.3) is 0 Å². The van der Waals surface area contributed by atoms with Gasteiger partial charge in [-0.2, -0.15) is 0 Å². The molecule has 0 saturated carbocycles. The van der Waals surface area contributed by atoms with E-state index in [4.69, 9.17) is 14.2 Å². The number of carbonyl (C=O) groups excluding carboxylic acids is 2. The Kier molecular flexibility index (Phi) is 7.72. The van der Waals surface area contributed by atoms with E-state index in [0.29, 0.717) is 6.42 Å². The van der Waals surface area contributed by atoms with Crippen LogP contribution in [0.2, 0.25) is 0 Å². The molecule has 1 heterocycles. The molecule has 5 nitrogen and oxygen atoms in total. The number of allylic oxidation sites excluding steroid dienone is 3. The summed E-state index contributed by atoms with van der Waals surface area (Å²) in [5.41, 5.74) is 1.76. The van der Waals surface area contributed by atoms with E-state index in [2.05, 4.69) is 32.9 Å². The molecule has 1 aliphatic heterocycles. The molecule has 2 aliphatic rings. The Hall–Kier alpha value is -1.62. The van der Waals surface area contributed by atoms with Gasteiger partial charge in [-0.25, -0.2) is 0 Å². The lowest BCUT2D eigenvalue weighted by molar-refractivity contribution is -0.159. The van der Waals surface area contributed by atoms with Crippen molar-refractivity contribution in [2.45, 2.75) is 110 Å². The lowest BCUT2D eigenvalue weighted by Gasteiger charge is -2.33. The zero-order valence-corrected chi connectivity index (χ0v) is 19.2. The molecule has 164 valence electrons. The third-order valence-corrected chi connectivity index (χ3v) is 6.26. The van der Waals surface area contributed by atoms with Gasteiger partial charge in [-0.1, -0.05) is 17.2 Å². The van der Waals surface area contributed by atoms with E-state index in [0.717, 1.165) is 32.1 Å². The summed E-state index contributed by atoms with van der Waals surface area (Å²) in [7, 11) is 0. The molecule has 0 radical (unpaired) electrons. The Morgan fingerprint density at radius 2 is 1.76 bits per heavy atom. The molecule has 4 unspecified atom stereocenters. The van der Waals surface area contributed by atoms with E-state index in [-0.39, 0.29) is 35.7 Å². The van der Waals surface area contributed by atoms with Gasteiger partial charge in [0.1, 0.15) is 11.7 Å². The van der Waals surface area contributed by atoms with Crippen molar-refractivity contribution in [2.75, 3.05) is 0 Å². The first kappa shape index (κ1) is 23.7. The topological polar surface area (TPSA) is 65.1 Å². The third kappa shape index (κ3) is 7.29. The molecule has 0 bridgehead atoms. The second-order valence-corrected chi connectivity index (χ2v) is 9.54. The van der Waals surface area contributed by atoms with Gasteiger partial charge in [0.15, 0.2) is 0 Å². The first-order chi connectivity index (χ1) is 13.4. The number of ether oxygens (including phenoxy) is 3. The van der Waals surface area contributed by atoms with E-state index in [1.165, 1.54) is 25.0 Å². The van der Waals surface area contributed by atoms with Crippen LogP contribution in [0.25, 0.3) is 0 Å². The van der Waals surface area contributed by atoms with E-state index in [1.807, 2.05) is 13.8 Å². The summed E-state index contributed by atoms with van der Waals surface area (Å²) in [6.07, 6.45) is 9.54. The van der Waals surface area contributed by atoms with Crippen LogP contribution in [0.15, 0.2) is 23.3 Å². The minimum absolute atomic E-state index is 0.203. The minimum Gasteiger partial charge on any atom is -0.460 e. The fourth-order valence-electron chi connectivity index (χ4n) is 4.39. The van der Waals surface area contributed by atoms with Crippen LogP contribution < -0.4 is 0 Å². The Morgan fingerprint density at radius 1 is 1.10 bits per heavy atom. The Balaban J connectivity index is 2.23. The summed E-state index contributed by atoms with van der Waals surface area (Å²) in [5.74, 6) is -0.307. The average molecular weight is 407 g/mol. The van der Waals surface area contributed by atoms with Gasteiger partial charge in [0.2, 0.25) is 0 Å². The van der Waals surface area contributed by atoms with E-state index in [9.17, 15) is 9.59 Å². The van der Waals surface area contributed by atoms with Crippen molar-refractivity contribution in [1.29, 1.82) is 0 Å². The highest BCUT2D eigenvalue weighted by molar-refractivity contribution is 5.66. The van der Waals surface area contributed by atoms with E-state index >= 15 is 0 Å². The number of fused-ring (bicyclic) bond motifs is 1. The maximum atomic E-state index is 11.6. The lowest BCUT2D eigenvalue weighted by atomic mass is 9.82. The van der Waals surface area contributed by atoms with Crippen molar-refractivity contribution in [3.05, 3.63) is 23.3 Å². The van der Waals surface area contributed by atoms with Crippen LogP contribution in [-0.2, 0) is 23.8 Å². The Labute approximate surface area is 175 Å². The molecule has 0 spiro atoms. The molecule has 4 atom stereocenters. The van der Waals surface area contributed by atoms with Crippen molar-refractivity contribution >= 4 is 11.9 Å². The zero-order valence-electron chi connectivity index (χ0n) is 19.2. The maximum Gasteiger partial charge on any atom is 0.303 e. The number of hydrogen-bond acceptors (Lipinski definition) is 5. The van der Waals surface area contributed by atoms with Gasteiger partial charge >= 0.3 is 11.9 Å². The molecule has 0 amide bonds. The van der Waals surface area contributed by atoms with Crippen LogP contribution >= 0.6 is 0 Å². The highest BCUT2D eigenvalue weighted by atomic mass is 16.6. The normalized spacial score (nSPS) is 31.5. The van der Waals surface area contributed by atoms with Gasteiger partial charge in [-0.05, 0) is 72.8 Å². The van der Waals surface area contributed by atoms with Gasteiger partial charge in [-0.15, -0.1) is 0 Å². The smallest absolute Gasteiger partial charge is 0.303 e. The predicted octanol–water partition coefficient (Wildman–Crippen LogP) is 5.28. The molecule has 0 aromatic carbocycles. The molecule has 2 rings (SSSR count). The van der Waals surface area contributed by atoms with Gasteiger partial charge < -0.3 is 14.2 Å². The van der Waals surface area contributed by atoms with Crippen LogP contribution in [0.4, 0.5) is 0 Å². The van der Waals surface area contributed by atoms with Gasteiger partial charge in [-0.3, -0.25) is 9.59 Å². The van der Waals surface area contributed by atoms with Crippen molar-refractivity contribution in [3.63, 3.8) is 0 Å². The number of rotatable bonds is 3. The zero-order chi connectivity index (χ0) is 21.8. The van der Waals surface area contributed by atoms with E-state index in [1.54, 1.807) is 0 Å². The van der Waals surface area contributed by atoms with Crippen molar-refractivity contribution < 1.29 is 23.8 Å². The van der Waals surface area contributed by atoms with Crippen LogP contribution in [0.5, 0.6) is 0 Å². The third-order valence-electron chi connectivity index (χ3n) is 6.26. The first-order valence-corrected chi connectivity index (χ1v) is 10.8. The van der Waals surface area contributed by atoms with E-state index < -0.39 is 5.60 Å². The van der Waals surface area contributed by atoms with Gasteiger partial charge in [0.05, 0.1) is 11.7 Å². The molecule has 1 saturated heterocycles. The van der Waals surface area contributed by atoms with Crippen LogP contribution in [-0.4, -0.2) is 35.3 Å². The standard InChI is InChI=1S/C24H38O5/c1-16-8-11-20(23(5,6)28-19(4)26)12-9-17(2)14-21(27-18(3)25)15-24(7)22(29-24)13-10-16/h8,14,20-22H,9-13,15H2,1-7H3. The van der Waals surface area contributed by atoms with Crippen LogP contribution in [0.1, 0.15) is 87.0 Å². The second kappa shape index (κ2) is 9.46. The minimum atomic E-state index is -0.534. The number of hydrogen-bond donors (Lipinski definition) is 0. The fraction of sp³-hybridized carbons (Fsp3) is 0.750. The van der Waals surface area contributed by atoms with Crippen LogP contribution in [0.3, 0.4) is 0 Å². The van der Waals surface area contributed by atoms with Gasteiger partial charge in [0, 0.05) is 26.2 Å². The highest BCUT2D eigenvalue weighted by Gasteiger charge is 2.52. The molecule has 0 aromatic rings. The highest BCUT2D eigenvalue weighted by Crippen LogP contribution is 2.44. The number of esters is 2. The second-order valence-electron chi connectivity index (χ2n) is 9.54. The molecule has 5 heteroatoms. The Bertz CT molecular complexity index is 675. The largest absolute Gasteiger partial charge is 0.460 e. The van der Waals surface area contributed by atoms with Crippen LogP contribution in [0, 0.1) is 5.92 Å². The number of epoxide rings is 1. The quantitative estimate of drug-likeness (QED) is 0.362. The molecule has 0 aromatic heterocycles. The van der Waals surface area contributed by atoms with Crippen molar-refractivity contribution in [2.24, 2.45) is 5.92 Å². The maximum absolute atomic E-state index is 11.6. The summed E-state index contributed by atoms with van der Waals surface area (Å²) >= 11 is 0. The molecule has 1 aliphatic carbocycles. The first-order valence-electron chi connectivity index (χ1n) is 10.8. The lowest BCUT2D eigenvalue weighted by Crippen LogP contribution is -2.36. The fourth-order valence-corrected chi connectivity index (χ4v) is 4.39. The SMILES string of the molecule is CC(=O)OC1C=C(C)CCC(C(C)(C)OC(C)=O)CC=C(C)CCC2OC2(C)C1. The molecular formula is C24H38O5. The summed E-state index contributed by atoms with van der Waals surface area (Å²) in [6, 6.07) is 0. The molecule has 0 N–H and O–H groups in total. The Morgan fingerprint density at radius 3 is 2.38 bits per heavy atom. The van der Waals surface area contributed by atoms with Crippen molar-refractivity contribution in [1.82, 2.24) is 0 Å². The molecule has 29 heavy (non-hydrogen) atoms. The predicted molar refractivity (Wildman–Crippen MR) is 113 cm³/mol. The summed E-state index contributed by atoms with van der Waals surface area (Å²) in [4.78, 5) is 23.2. The summed E-state index contributed by atoms with van der Waals surface area (Å²) in [5, 5.41) is 0. The number of carbonyl (C=O) groups is 2.